The van der Waals surface area contributed by atoms with Gasteiger partial charge in [0.1, 0.15) is 5.82 Å². The van der Waals surface area contributed by atoms with Crippen molar-refractivity contribution in [3.8, 4) is 0 Å². The molecule has 0 fully saturated rings. The average molecular weight is 502 g/mol. The van der Waals surface area contributed by atoms with Crippen LogP contribution in [0.4, 0.5) is 11.5 Å². The Kier molecular flexibility index (Phi) is 9.22. The van der Waals surface area contributed by atoms with Crippen molar-refractivity contribution in [3.63, 3.8) is 0 Å². The highest BCUT2D eigenvalue weighted by molar-refractivity contribution is 7.88. The number of hydrogen-bond donors (Lipinski definition) is 1. The summed E-state index contributed by atoms with van der Waals surface area (Å²) in [6.45, 7) is 6.12. The molecule has 0 spiro atoms. The maximum Gasteiger partial charge on any atom is 0.237 e. The Morgan fingerprint density at radius 3 is 2.43 bits per heavy atom. The number of carbonyl (C=O) groups is 2. The highest BCUT2D eigenvalue weighted by Gasteiger charge is 2.24. The van der Waals surface area contributed by atoms with Gasteiger partial charge in [-0.3, -0.25) is 9.59 Å². The number of anilines is 2. The number of nitrogens with zero attached hydrogens (tertiary/aromatic N) is 4. The first-order valence-corrected chi connectivity index (χ1v) is 13.8. The van der Waals surface area contributed by atoms with Crippen molar-refractivity contribution in [3.05, 3.63) is 54.2 Å². The minimum absolute atomic E-state index is 0.0488. The highest BCUT2D eigenvalue weighted by atomic mass is 32.2. The fourth-order valence-electron chi connectivity index (χ4n) is 4.09. The lowest BCUT2D eigenvalue weighted by molar-refractivity contribution is -0.130. The number of amides is 2. The van der Waals surface area contributed by atoms with Gasteiger partial charge >= 0.3 is 0 Å². The number of para-hydroxylation sites is 1. The lowest BCUT2D eigenvalue weighted by Crippen LogP contribution is -2.43. The van der Waals surface area contributed by atoms with Gasteiger partial charge in [0.25, 0.3) is 0 Å². The molecule has 2 amide bonds. The second-order valence-electron chi connectivity index (χ2n) is 9.21. The van der Waals surface area contributed by atoms with Gasteiger partial charge in [-0.25, -0.2) is 18.1 Å². The van der Waals surface area contributed by atoms with Crippen LogP contribution in [0.5, 0.6) is 0 Å². The zero-order valence-electron chi connectivity index (χ0n) is 20.7. The molecular weight excluding hydrogens is 466 g/mol. The smallest absolute Gasteiger partial charge is 0.237 e. The Morgan fingerprint density at radius 1 is 1.00 bits per heavy atom. The third-order valence-corrected chi connectivity index (χ3v) is 6.46. The molecular formula is C25H35N5O4S. The van der Waals surface area contributed by atoms with Gasteiger partial charge in [-0.15, -0.1) is 0 Å². The van der Waals surface area contributed by atoms with E-state index in [0.717, 1.165) is 29.7 Å². The topological polar surface area (TPSA) is 103 Å². The number of benzene rings is 1. The number of carbonyl (C=O) groups excluding carboxylic acids is 2. The molecule has 0 saturated heterocycles. The van der Waals surface area contributed by atoms with Crippen molar-refractivity contribution >= 4 is 33.3 Å². The van der Waals surface area contributed by atoms with Crippen LogP contribution in [0.25, 0.3) is 0 Å². The second-order valence-corrected chi connectivity index (χ2v) is 11.0. The van der Waals surface area contributed by atoms with Gasteiger partial charge in [-0.1, -0.05) is 38.1 Å². The maximum absolute atomic E-state index is 13.2. The summed E-state index contributed by atoms with van der Waals surface area (Å²) in [7, 11) is -3.51. The van der Waals surface area contributed by atoms with E-state index in [4.69, 9.17) is 0 Å². The van der Waals surface area contributed by atoms with E-state index in [1.807, 2.05) is 61.2 Å². The quantitative estimate of drug-likeness (QED) is 0.651. The Hall–Kier alpha value is -2.98. The largest absolute Gasteiger partial charge is 0.355 e. The summed E-state index contributed by atoms with van der Waals surface area (Å²) in [6, 6.07) is 13.3. The summed E-state index contributed by atoms with van der Waals surface area (Å²) in [5, 5.41) is 0. The Balaban J connectivity index is 1.96. The first kappa shape index (κ1) is 26.6. The van der Waals surface area contributed by atoms with Crippen LogP contribution >= 0.6 is 0 Å². The lowest BCUT2D eigenvalue weighted by Gasteiger charge is -2.28. The van der Waals surface area contributed by atoms with Gasteiger partial charge in [-0.2, -0.15) is 0 Å². The molecule has 2 aromatic rings. The van der Waals surface area contributed by atoms with Crippen molar-refractivity contribution in [2.24, 2.45) is 5.92 Å². The number of aromatic nitrogens is 1. The molecule has 1 aliphatic rings. The van der Waals surface area contributed by atoms with Crippen molar-refractivity contribution in [2.45, 2.75) is 33.2 Å². The minimum Gasteiger partial charge on any atom is -0.355 e. The summed E-state index contributed by atoms with van der Waals surface area (Å²) >= 11 is 0. The molecule has 1 aromatic carbocycles. The Morgan fingerprint density at radius 2 is 1.74 bits per heavy atom. The van der Waals surface area contributed by atoms with Crippen LogP contribution in [-0.2, 0) is 26.2 Å². The molecule has 0 atom stereocenters. The summed E-state index contributed by atoms with van der Waals surface area (Å²) in [6.07, 6.45) is 3.93. The Bertz CT molecular complexity index is 1110. The van der Waals surface area contributed by atoms with E-state index in [9.17, 15) is 18.0 Å². The molecule has 3 rings (SSSR count). The van der Waals surface area contributed by atoms with Crippen molar-refractivity contribution in [1.82, 2.24) is 14.6 Å². The van der Waals surface area contributed by atoms with Gasteiger partial charge in [0.05, 0.1) is 12.8 Å². The van der Waals surface area contributed by atoms with Crippen molar-refractivity contribution < 1.29 is 18.0 Å². The monoisotopic (exact) mass is 501 g/mol. The number of hydrogen-bond acceptors (Lipinski definition) is 6. The fourth-order valence-corrected chi connectivity index (χ4v) is 4.48. The van der Waals surface area contributed by atoms with Crippen LogP contribution in [0.3, 0.4) is 0 Å². The first-order chi connectivity index (χ1) is 16.6. The van der Waals surface area contributed by atoms with Crippen LogP contribution < -0.4 is 14.5 Å². The molecule has 0 saturated carbocycles. The molecule has 10 heteroatoms. The van der Waals surface area contributed by atoms with Crippen molar-refractivity contribution in [1.29, 1.82) is 0 Å². The van der Waals surface area contributed by atoms with E-state index in [0.29, 0.717) is 32.6 Å². The minimum atomic E-state index is -3.51. The van der Waals surface area contributed by atoms with E-state index in [1.54, 1.807) is 11.1 Å². The zero-order chi connectivity index (χ0) is 25.4. The molecule has 0 unspecified atom stereocenters. The van der Waals surface area contributed by atoms with Crippen LogP contribution in [-0.4, -0.2) is 69.1 Å². The third-order valence-electron chi connectivity index (χ3n) is 5.79. The number of sulfonamides is 1. The first-order valence-electron chi connectivity index (χ1n) is 11.9. The van der Waals surface area contributed by atoms with Gasteiger partial charge < -0.3 is 14.7 Å². The van der Waals surface area contributed by atoms with Crippen LogP contribution in [0.1, 0.15) is 32.3 Å². The molecule has 2 heterocycles. The van der Waals surface area contributed by atoms with E-state index in [2.05, 4.69) is 14.6 Å². The molecule has 35 heavy (non-hydrogen) atoms. The molecule has 1 aliphatic heterocycles. The molecule has 190 valence electrons. The zero-order valence-corrected chi connectivity index (χ0v) is 21.5. The predicted molar refractivity (Wildman–Crippen MR) is 138 cm³/mol. The molecule has 0 bridgehead atoms. The molecule has 0 radical (unpaired) electrons. The second kappa shape index (κ2) is 12.1. The average Bonchev–Trinajstić information content (AvgIpc) is 2.84. The SMILES string of the molecule is CC(C)CC(=O)N1CCCN(c2ccccn2)CCN(C(=O)CNS(C)(=O)=O)Cc2ccccc21. The number of pyridine rings is 1. The van der Waals surface area contributed by atoms with E-state index in [1.165, 1.54) is 0 Å². The van der Waals surface area contributed by atoms with E-state index < -0.39 is 10.0 Å². The normalized spacial score (nSPS) is 15.5. The van der Waals surface area contributed by atoms with E-state index >= 15 is 0 Å². The summed E-state index contributed by atoms with van der Waals surface area (Å²) in [5.74, 6) is 0.738. The summed E-state index contributed by atoms with van der Waals surface area (Å²) in [4.78, 5) is 36.4. The molecule has 1 N–H and O–H groups in total. The van der Waals surface area contributed by atoms with Gasteiger partial charge in [0, 0.05) is 51.0 Å². The maximum atomic E-state index is 13.2. The number of nitrogens with one attached hydrogen (secondary N) is 1. The van der Waals surface area contributed by atoms with Gasteiger partial charge in [0.2, 0.25) is 21.8 Å². The number of fused-ring (bicyclic) bond motifs is 1. The fraction of sp³-hybridized carbons (Fsp3) is 0.480. The standard InChI is InChI=1S/C25H35N5O4S/c1-20(2)17-24(31)30-14-8-13-28(23-11-6-7-12-26-23)15-16-29(25(32)18-27-35(3,33)34)19-21-9-4-5-10-22(21)30/h4-7,9-12,20,27H,8,13-19H2,1-3H3. The van der Waals surface area contributed by atoms with Gasteiger partial charge in [0.15, 0.2) is 0 Å². The molecule has 1 aromatic heterocycles. The van der Waals surface area contributed by atoms with Crippen LogP contribution in [0.15, 0.2) is 48.7 Å². The predicted octanol–water partition coefficient (Wildman–Crippen LogP) is 2.25. The Labute approximate surface area is 208 Å². The summed E-state index contributed by atoms with van der Waals surface area (Å²) in [5.41, 5.74) is 1.64. The lowest BCUT2D eigenvalue weighted by atomic mass is 10.1. The summed E-state index contributed by atoms with van der Waals surface area (Å²) < 4.78 is 25.5. The van der Waals surface area contributed by atoms with Crippen LogP contribution in [0.2, 0.25) is 0 Å². The van der Waals surface area contributed by atoms with E-state index in [-0.39, 0.29) is 30.8 Å². The third kappa shape index (κ3) is 8.03. The molecule has 9 nitrogen and oxygen atoms in total. The number of rotatable bonds is 6. The van der Waals surface area contributed by atoms with Crippen molar-refractivity contribution in [2.75, 3.05) is 48.8 Å². The highest BCUT2D eigenvalue weighted by Crippen LogP contribution is 2.25. The van der Waals surface area contributed by atoms with Gasteiger partial charge in [-0.05, 0) is 36.1 Å². The van der Waals surface area contributed by atoms with Crippen LogP contribution in [0, 0.1) is 5.92 Å². The molecule has 0 aliphatic carbocycles.